The van der Waals surface area contributed by atoms with Crippen molar-refractivity contribution in [2.24, 2.45) is 5.92 Å². The first-order chi connectivity index (χ1) is 9.54. The maximum atomic E-state index is 12.1. The summed E-state index contributed by atoms with van der Waals surface area (Å²) in [6.07, 6.45) is 0. The number of carbonyl (C=O) groups is 2. The predicted octanol–water partition coefficient (Wildman–Crippen LogP) is 1.62. The second-order valence-corrected chi connectivity index (χ2v) is 4.96. The number of para-hydroxylation sites is 1. The lowest BCUT2D eigenvalue weighted by atomic mass is 10.1. The summed E-state index contributed by atoms with van der Waals surface area (Å²) in [6.45, 7) is 7.35. The van der Waals surface area contributed by atoms with Crippen molar-refractivity contribution in [2.45, 2.75) is 20.8 Å². The van der Waals surface area contributed by atoms with E-state index >= 15 is 0 Å². The maximum absolute atomic E-state index is 12.1. The third-order valence-corrected chi connectivity index (χ3v) is 2.66. The summed E-state index contributed by atoms with van der Waals surface area (Å²) in [5, 5.41) is 8.51. The van der Waals surface area contributed by atoms with Crippen LogP contribution in [0.3, 0.4) is 0 Å². The van der Waals surface area contributed by atoms with E-state index in [2.05, 4.69) is 16.0 Å². The molecule has 0 aliphatic rings. The Labute approximate surface area is 120 Å². The molecule has 2 amide bonds. The Morgan fingerprint density at radius 3 is 2.50 bits per heavy atom. The molecule has 0 fully saturated rings. The number of nitrogens with one attached hydrogen (secondary N) is 3. The van der Waals surface area contributed by atoms with Crippen LogP contribution in [0.4, 0.5) is 5.69 Å². The van der Waals surface area contributed by atoms with Crippen molar-refractivity contribution in [3.63, 3.8) is 0 Å². The minimum atomic E-state index is -0.249. The molecule has 5 heteroatoms. The lowest BCUT2D eigenvalue weighted by Gasteiger charge is -2.11. The van der Waals surface area contributed by atoms with Crippen LogP contribution in [0.1, 0.15) is 31.1 Å². The van der Waals surface area contributed by atoms with Gasteiger partial charge in [-0.3, -0.25) is 9.59 Å². The van der Waals surface area contributed by atoms with Crippen molar-refractivity contribution in [3.8, 4) is 0 Å². The molecule has 1 aromatic carbocycles. The first-order valence-electron chi connectivity index (χ1n) is 6.92. The predicted molar refractivity (Wildman–Crippen MR) is 80.8 cm³/mol. The number of carbonyl (C=O) groups excluding carboxylic acids is 2. The second-order valence-electron chi connectivity index (χ2n) is 4.96. The molecule has 3 N–H and O–H groups in total. The Bertz CT molecular complexity index is 458. The van der Waals surface area contributed by atoms with Gasteiger partial charge in [0.1, 0.15) is 0 Å². The monoisotopic (exact) mass is 277 g/mol. The Morgan fingerprint density at radius 2 is 1.85 bits per heavy atom. The van der Waals surface area contributed by atoms with E-state index in [1.54, 1.807) is 12.1 Å². The summed E-state index contributed by atoms with van der Waals surface area (Å²) in [5.74, 6) is -0.0293. The van der Waals surface area contributed by atoms with E-state index in [0.717, 1.165) is 12.2 Å². The van der Waals surface area contributed by atoms with Gasteiger partial charge in [-0.1, -0.05) is 26.0 Å². The van der Waals surface area contributed by atoms with Gasteiger partial charge in [-0.2, -0.15) is 0 Å². The van der Waals surface area contributed by atoms with Gasteiger partial charge in [-0.15, -0.1) is 0 Å². The molecule has 20 heavy (non-hydrogen) atoms. The number of amides is 2. The highest BCUT2D eigenvalue weighted by Gasteiger charge is 2.11. The normalized spacial score (nSPS) is 10.2. The first kappa shape index (κ1) is 16.0. The molecule has 0 aliphatic heterocycles. The average Bonchev–Trinajstić information content (AvgIpc) is 2.43. The van der Waals surface area contributed by atoms with Crippen LogP contribution >= 0.6 is 0 Å². The van der Waals surface area contributed by atoms with Crippen molar-refractivity contribution in [1.29, 1.82) is 0 Å². The largest absolute Gasteiger partial charge is 0.385 e. The van der Waals surface area contributed by atoms with Gasteiger partial charge in [0.15, 0.2) is 0 Å². The van der Waals surface area contributed by atoms with Crippen molar-refractivity contribution in [3.05, 3.63) is 29.8 Å². The zero-order valence-electron chi connectivity index (χ0n) is 12.3. The third-order valence-electron chi connectivity index (χ3n) is 2.66. The Hall–Kier alpha value is -2.04. The minimum absolute atomic E-state index is 0.00792. The minimum Gasteiger partial charge on any atom is -0.385 e. The Morgan fingerprint density at radius 1 is 1.15 bits per heavy atom. The van der Waals surface area contributed by atoms with Crippen LogP contribution in [0.15, 0.2) is 24.3 Å². The molecule has 0 unspecified atom stereocenters. The highest BCUT2D eigenvalue weighted by molar-refractivity contribution is 6.01. The number of hydrogen-bond donors (Lipinski definition) is 3. The third kappa shape index (κ3) is 5.30. The van der Waals surface area contributed by atoms with E-state index < -0.39 is 0 Å². The second kappa shape index (κ2) is 8.19. The molecule has 0 saturated carbocycles. The van der Waals surface area contributed by atoms with E-state index in [9.17, 15) is 9.59 Å². The molecule has 0 atom stereocenters. The zero-order valence-corrected chi connectivity index (χ0v) is 12.3. The number of anilines is 1. The molecule has 0 heterocycles. The summed E-state index contributed by atoms with van der Waals surface area (Å²) >= 11 is 0. The topological polar surface area (TPSA) is 70.2 Å². The molecule has 0 bridgehead atoms. The zero-order chi connectivity index (χ0) is 15.0. The van der Waals surface area contributed by atoms with Crippen LogP contribution in [-0.2, 0) is 4.79 Å². The van der Waals surface area contributed by atoms with Gasteiger partial charge in [0.05, 0.1) is 12.1 Å². The van der Waals surface area contributed by atoms with Gasteiger partial charge in [-0.05, 0) is 25.0 Å². The van der Waals surface area contributed by atoms with Crippen LogP contribution < -0.4 is 16.0 Å². The lowest BCUT2D eigenvalue weighted by molar-refractivity contribution is -0.120. The summed E-state index contributed by atoms with van der Waals surface area (Å²) in [5.41, 5.74) is 1.32. The summed E-state index contributed by atoms with van der Waals surface area (Å²) in [6, 6.07) is 7.25. The molecule has 0 radical (unpaired) electrons. The van der Waals surface area contributed by atoms with Crippen LogP contribution in [0.2, 0.25) is 0 Å². The van der Waals surface area contributed by atoms with Crippen molar-refractivity contribution in [2.75, 3.05) is 25.0 Å². The van der Waals surface area contributed by atoms with Crippen molar-refractivity contribution in [1.82, 2.24) is 10.6 Å². The highest BCUT2D eigenvalue weighted by atomic mass is 16.2. The van der Waals surface area contributed by atoms with E-state index in [-0.39, 0.29) is 18.4 Å². The van der Waals surface area contributed by atoms with Crippen LogP contribution in [0, 0.1) is 5.92 Å². The number of hydrogen-bond acceptors (Lipinski definition) is 3. The molecule has 110 valence electrons. The van der Waals surface area contributed by atoms with Gasteiger partial charge in [-0.25, -0.2) is 0 Å². The fourth-order valence-electron chi connectivity index (χ4n) is 1.66. The fraction of sp³-hybridized carbons (Fsp3) is 0.467. The van der Waals surface area contributed by atoms with Gasteiger partial charge >= 0.3 is 0 Å². The number of benzene rings is 1. The summed E-state index contributed by atoms with van der Waals surface area (Å²) < 4.78 is 0. The SMILES string of the molecule is CCNc1ccccc1C(=O)NCC(=O)NCC(C)C. The average molecular weight is 277 g/mol. The smallest absolute Gasteiger partial charge is 0.253 e. The molecule has 0 saturated heterocycles. The number of rotatable bonds is 7. The van der Waals surface area contributed by atoms with Crippen molar-refractivity contribution < 1.29 is 9.59 Å². The van der Waals surface area contributed by atoms with Crippen molar-refractivity contribution >= 4 is 17.5 Å². The van der Waals surface area contributed by atoms with Crippen LogP contribution in [0.25, 0.3) is 0 Å². The lowest BCUT2D eigenvalue weighted by Crippen LogP contribution is -2.38. The van der Waals surface area contributed by atoms with Gasteiger partial charge in [0.25, 0.3) is 5.91 Å². The van der Waals surface area contributed by atoms with E-state index in [1.807, 2.05) is 32.9 Å². The standard InChI is InChI=1S/C15H23N3O2/c1-4-16-13-8-6-5-7-12(13)15(20)18-10-14(19)17-9-11(2)3/h5-8,11,16H,4,9-10H2,1-3H3,(H,17,19)(H,18,20). The Kier molecular flexibility index (Phi) is 6.56. The van der Waals surface area contributed by atoms with Crippen LogP contribution in [0.5, 0.6) is 0 Å². The molecule has 0 spiro atoms. The van der Waals surface area contributed by atoms with Gasteiger partial charge < -0.3 is 16.0 Å². The molecular weight excluding hydrogens is 254 g/mol. The van der Waals surface area contributed by atoms with Crippen LogP contribution in [-0.4, -0.2) is 31.4 Å². The summed E-state index contributed by atoms with van der Waals surface area (Å²) in [7, 11) is 0. The highest BCUT2D eigenvalue weighted by Crippen LogP contribution is 2.14. The van der Waals surface area contributed by atoms with Gasteiger partial charge in [0.2, 0.25) is 5.91 Å². The van der Waals surface area contributed by atoms with E-state index in [1.165, 1.54) is 0 Å². The van der Waals surface area contributed by atoms with Gasteiger partial charge in [0, 0.05) is 18.8 Å². The molecule has 0 aliphatic carbocycles. The first-order valence-corrected chi connectivity index (χ1v) is 6.92. The molecular formula is C15H23N3O2. The molecule has 1 rings (SSSR count). The molecule has 5 nitrogen and oxygen atoms in total. The molecule has 0 aromatic heterocycles. The fourth-order valence-corrected chi connectivity index (χ4v) is 1.66. The maximum Gasteiger partial charge on any atom is 0.253 e. The quantitative estimate of drug-likeness (QED) is 0.709. The van der Waals surface area contributed by atoms with E-state index in [4.69, 9.17) is 0 Å². The summed E-state index contributed by atoms with van der Waals surface area (Å²) in [4.78, 5) is 23.6. The molecule has 1 aromatic rings. The van der Waals surface area contributed by atoms with E-state index in [0.29, 0.717) is 18.0 Å². The Balaban J connectivity index is 2.52.